The van der Waals surface area contributed by atoms with Crippen molar-refractivity contribution in [3.63, 3.8) is 0 Å². The van der Waals surface area contributed by atoms with Crippen LogP contribution in [0.15, 0.2) is 0 Å². The monoisotopic (exact) mass is 300 g/mol. The van der Waals surface area contributed by atoms with Crippen molar-refractivity contribution in [3.05, 3.63) is 0 Å². The third-order valence-corrected chi connectivity index (χ3v) is 3.99. The standard InChI is InChI=1S/C16H28O5/c1-4-20-15(19)16(14(17)18,11-12(2)3)9-5-7-13-8-6-10-21-13/h12-13H,4-11H2,1-3H3,(H,17,18). The van der Waals surface area contributed by atoms with Crippen LogP contribution in [0.5, 0.6) is 0 Å². The topological polar surface area (TPSA) is 72.8 Å². The predicted octanol–water partition coefficient (Wildman–Crippen LogP) is 3.02. The van der Waals surface area contributed by atoms with Crippen molar-refractivity contribution in [1.82, 2.24) is 0 Å². The third kappa shape index (κ3) is 4.99. The van der Waals surface area contributed by atoms with Crippen LogP contribution in [0.25, 0.3) is 0 Å². The second-order valence-corrected chi connectivity index (χ2v) is 6.23. The van der Waals surface area contributed by atoms with Crippen molar-refractivity contribution >= 4 is 11.9 Å². The van der Waals surface area contributed by atoms with Crippen LogP contribution < -0.4 is 0 Å². The lowest BCUT2D eigenvalue weighted by Gasteiger charge is -2.29. The molecule has 0 bridgehead atoms. The van der Waals surface area contributed by atoms with Gasteiger partial charge in [0.1, 0.15) is 0 Å². The van der Waals surface area contributed by atoms with E-state index >= 15 is 0 Å². The van der Waals surface area contributed by atoms with Gasteiger partial charge in [0.15, 0.2) is 5.41 Å². The van der Waals surface area contributed by atoms with Crippen LogP contribution in [0.3, 0.4) is 0 Å². The van der Waals surface area contributed by atoms with Gasteiger partial charge in [0.2, 0.25) is 0 Å². The van der Waals surface area contributed by atoms with E-state index in [1.165, 1.54) is 0 Å². The fourth-order valence-electron chi connectivity index (χ4n) is 3.04. The number of ether oxygens (including phenoxy) is 2. The Kier molecular flexibility index (Phi) is 7.15. The molecule has 2 unspecified atom stereocenters. The van der Waals surface area contributed by atoms with Gasteiger partial charge in [-0.15, -0.1) is 0 Å². The van der Waals surface area contributed by atoms with Gasteiger partial charge in [-0.05, 0) is 51.4 Å². The fraction of sp³-hybridized carbons (Fsp3) is 0.875. The molecule has 5 nitrogen and oxygen atoms in total. The zero-order valence-corrected chi connectivity index (χ0v) is 13.4. The summed E-state index contributed by atoms with van der Waals surface area (Å²) in [6.07, 6.45) is 4.43. The van der Waals surface area contributed by atoms with Crippen molar-refractivity contribution in [3.8, 4) is 0 Å². The summed E-state index contributed by atoms with van der Waals surface area (Å²) in [6, 6.07) is 0. The minimum atomic E-state index is -1.41. The summed E-state index contributed by atoms with van der Waals surface area (Å²) in [5.41, 5.74) is -1.41. The van der Waals surface area contributed by atoms with E-state index in [1.807, 2.05) is 13.8 Å². The van der Waals surface area contributed by atoms with Crippen LogP contribution in [-0.2, 0) is 19.1 Å². The lowest BCUT2D eigenvalue weighted by molar-refractivity contribution is -0.171. The Balaban J connectivity index is 2.72. The number of carboxylic acids is 1. The van der Waals surface area contributed by atoms with Crippen molar-refractivity contribution < 1.29 is 24.2 Å². The van der Waals surface area contributed by atoms with Crippen LogP contribution in [0.2, 0.25) is 0 Å². The fourth-order valence-corrected chi connectivity index (χ4v) is 3.04. The van der Waals surface area contributed by atoms with E-state index in [-0.39, 0.29) is 18.6 Å². The highest BCUT2D eigenvalue weighted by Gasteiger charge is 2.47. The molecule has 1 aliphatic rings. The van der Waals surface area contributed by atoms with E-state index in [4.69, 9.17) is 9.47 Å². The summed E-state index contributed by atoms with van der Waals surface area (Å²) in [5, 5.41) is 9.63. The van der Waals surface area contributed by atoms with Gasteiger partial charge in [0.25, 0.3) is 0 Å². The first-order valence-electron chi connectivity index (χ1n) is 7.94. The molecule has 2 atom stereocenters. The first kappa shape index (κ1) is 18.0. The van der Waals surface area contributed by atoms with Gasteiger partial charge in [-0.25, -0.2) is 0 Å². The van der Waals surface area contributed by atoms with Gasteiger partial charge in [0.05, 0.1) is 12.7 Å². The van der Waals surface area contributed by atoms with E-state index in [9.17, 15) is 14.7 Å². The van der Waals surface area contributed by atoms with Crippen molar-refractivity contribution in [2.24, 2.45) is 11.3 Å². The largest absolute Gasteiger partial charge is 0.480 e. The summed E-state index contributed by atoms with van der Waals surface area (Å²) in [7, 11) is 0. The van der Waals surface area contributed by atoms with E-state index in [0.717, 1.165) is 25.9 Å². The Labute approximate surface area is 127 Å². The van der Waals surface area contributed by atoms with Crippen LogP contribution in [-0.4, -0.2) is 36.4 Å². The summed E-state index contributed by atoms with van der Waals surface area (Å²) >= 11 is 0. The van der Waals surface area contributed by atoms with Gasteiger partial charge in [-0.3, -0.25) is 9.59 Å². The zero-order valence-electron chi connectivity index (χ0n) is 13.4. The van der Waals surface area contributed by atoms with Gasteiger partial charge >= 0.3 is 11.9 Å². The third-order valence-electron chi connectivity index (χ3n) is 3.99. The average molecular weight is 300 g/mol. The van der Waals surface area contributed by atoms with E-state index in [0.29, 0.717) is 19.3 Å². The van der Waals surface area contributed by atoms with E-state index in [2.05, 4.69) is 0 Å². The molecule has 0 spiro atoms. The molecule has 0 aromatic carbocycles. The molecule has 1 N–H and O–H groups in total. The molecule has 0 aromatic heterocycles. The number of hydrogen-bond donors (Lipinski definition) is 1. The number of rotatable bonds is 9. The maximum atomic E-state index is 12.2. The van der Waals surface area contributed by atoms with Crippen LogP contribution >= 0.6 is 0 Å². The van der Waals surface area contributed by atoms with E-state index in [1.54, 1.807) is 6.92 Å². The molecule has 1 saturated heterocycles. The highest BCUT2D eigenvalue weighted by atomic mass is 16.5. The second-order valence-electron chi connectivity index (χ2n) is 6.23. The average Bonchev–Trinajstić information content (AvgIpc) is 2.90. The Morgan fingerprint density at radius 1 is 1.43 bits per heavy atom. The summed E-state index contributed by atoms with van der Waals surface area (Å²) in [6.45, 7) is 6.55. The lowest BCUT2D eigenvalue weighted by atomic mass is 9.76. The summed E-state index contributed by atoms with van der Waals surface area (Å²) in [5.74, 6) is -1.55. The molecule has 5 heteroatoms. The van der Waals surface area contributed by atoms with Crippen molar-refractivity contribution in [2.75, 3.05) is 13.2 Å². The zero-order chi connectivity index (χ0) is 15.9. The number of carboxylic acid groups (broad SMARTS) is 1. The molecule has 1 heterocycles. The Morgan fingerprint density at radius 3 is 2.62 bits per heavy atom. The molecule has 0 radical (unpaired) electrons. The lowest BCUT2D eigenvalue weighted by Crippen LogP contribution is -2.42. The molecule has 122 valence electrons. The minimum Gasteiger partial charge on any atom is -0.480 e. The molecular weight excluding hydrogens is 272 g/mol. The summed E-state index contributed by atoms with van der Waals surface area (Å²) < 4.78 is 10.6. The quantitative estimate of drug-likeness (QED) is 0.523. The molecule has 1 fully saturated rings. The maximum absolute atomic E-state index is 12.2. The van der Waals surface area contributed by atoms with Gasteiger partial charge in [-0.1, -0.05) is 13.8 Å². The molecule has 1 aliphatic heterocycles. The number of carbonyl (C=O) groups is 2. The molecular formula is C16H28O5. The smallest absolute Gasteiger partial charge is 0.323 e. The molecule has 0 amide bonds. The highest BCUT2D eigenvalue weighted by molar-refractivity contribution is 5.99. The van der Waals surface area contributed by atoms with E-state index < -0.39 is 17.4 Å². The van der Waals surface area contributed by atoms with Crippen molar-refractivity contribution in [1.29, 1.82) is 0 Å². The number of carbonyl (C=O) groups excluding carboxylic acids is 1. The molecule has 1 rings (SSSR count). The molecule has 21 heavy (non-hydrogen) atoms. The number of aliphatic carboxylic acids is 1. The predicted molar refractivity (Wildman–Crippen MR) is 79.0 cm³/mol. The second kappa shape index (κ2) is 8.37. The Hall–Kier alpha value is -1.10. The molecule has 0 aliphatic carbocycles. The molecule has 0 aromatic rings. The highest BCUT2D eigenvalue weighted by Crippen LogP contribution is 2.35. The Morgan fingerprint density at radius 2 is 2.14 bits per heavy atom. The van der Waals surface area contributed by atoms with Gasteiger partial charge in [0, 0.05) is 6.61 Å². The van der Waals surface area contributed by atoms with Gasteiger partial charge < -0.3 is 14.6 Å². The van der Waals surface area contributed by atoms with Crippen LogP contribution in [0.4, 0.5) is 0 Å². The van der Waals surface area contributed by atoms with Gasteiger partial charge in [-0.2, -0.15) is 0 Å². The molecule has 0 saturated carbocycles. The number of esters is 1. The normalized spacial score (nSPS) is 21.2. The first-order valence-corrected chi connectivity index (χ1v) is 7.94. The SMILES string of the molecule is CCOC(=O)C(CCCC1CCCO1)(CC(C)C)C(=O)O. The number of hydrogen-bond acceptors (Lipinski definition) is 4. The Bertz CT molecular complexity index is 347. The van der Waals surface area contributed by atoms with Crippen molar-refractivity contribution in [2.45, 2.75) is 65.4 Å². The van der Waals surface area contributed by atoms with Crippen LogP contribution in [0, 0.1) is 11.3 Å². The minimum absolute atomic E-state index is 0.119. The van der Waals surface area contributed by atoms with Crippen LogP contribution in [0.1, 0.15) is 59.3 Å². The maximum Gasteiger partial charge on any atom is 0.323 e. The summed E-state index contributed by atoms with van der Waals surface area (Å²) in [4.78, 5) is 24.0. The first-order chi connectivity index (χ1) is 9.92.